The Morgan fingerprint density at radius 1 is 1.09 bits per heavy atom. The van der Waals surface area contributed by atoms with Gasteiger partial charge in [0.05, 0.1) is 12.8 Å². The molecule has 176 valence electrons. The summed E-state index contributed by atoms with van der Waals surface area (Å²) >= 11 is 0. The smallest absolute Gasteiger partial charge is 0.271 e. The molecule has 0 aliphatic carbocycles. The van der Waals surface area contributed by atoms with Crippen LogP contribution in [0.1, 0.15) is 31.4 Å². The van der Waals surface area contributed by atoms with Crippen LogP contribution in [0.15, 0.2) is 71.4 Å². The van der Waals surface area contributed by atoms with Gasteiger partial charge in [-0.05, 0) is 67.8 Å². The van der Waals surface area contributed by atoms with Gasteiger partial charge in [0, 0.05) is 29.4 Å². The van der Waals surface area contributed by atoms with Crippen LogP contribution < -0.4 is 4.74 Å². The molecule has 0 spiro atoms. The lowest BCUT2D eigenvalue weighted by molar-refractivity contribution is -0.140. The Labute approximate surface area is 204 Å². The Hall–Kier alpha value is -4.44. The minimum Gasteiger partial charge on any atom is -0.497 e. The maximum absolute atomic E-state index is 13.3. The molecule has 1 aliphatic rings. The topological polar surface area (TPSA) is 88.2 Å². The molecule has 0 bridgehead atoms. The van der Waals surface area contributed by atoms with Crippen LogP contribution in [-0.2, 0) is 9.59 Å². The highest BCUT2D eigenvalue weighted by Gasteiger charge is 2.35. The third-order valence-corrected chi connectivity index (χ3v) is 6.02. The Bertz CT molecular complexity index is 1410. The number of aryl methyl sites for hydroxylation is 1. The number of amides is 2. The highest BCUT2D eigenvalue weighted by atomic mass is 16.5. The molecule has 3 aromatic rings. The summed E-state index contributed by atoms with van der Waals surface area (Å²) in [4.78, 5) is 27.2. The van der Waals surface area contributed by atoms with Gasteiger partial charge < -0.3 is 4.74 Å². The van der Waals surface area contributed by atoms with E-state index >= 15 is 0 Å². The van der Waals surface area contributed by atoms with Crippen LogP contribution in [0.2, 0.25) is 0 Å². The number of methoxy groups -OCH3 is 1. The molecule has 0 N–H and O–H groups in total. The zero-order valence-electron chi connectivity index (χ0n) is 20.2. The number of benzene rings is 2. The average molecular weight is 467 g/mol. The third-order valence-electron chi connectivity index (χ3n) is 6.02. The molecular weight excluding hydrogens is 440 g/mol. The highest BCUT2D eigenvalue weighted by Crippen LogP contribution is 2.33. The summed E-state index contributed by atoms with van der Waals surface area (Å²) in [5, 5.41) is 14.5. The molecule has 0 saturated carbocycles. The van der Waals surface area contributed by atoms with Crippen molar-refractivity contribution < 1.29 is 14.3 Å². The minimum atomic E-state index is -0.541. The number of ether oxygens (including phenoxy) is 1. The number of carbonyl (C=O) groups excluding carboxylic acids is 2. The molecule has 7 heteroatoms. The molecule has 0 unspecified atom stereocenters. The number of aromatic nitrogens is 2. The van der Waals surface area contributed by atoms with E-state index in [-0.39, 0.29) is 12.1 Å². The third kappa shape index (κ3) is 4.38. The van der Waals surface area contributed by atoms with Crippen LogP contribution in [0, 0.1) is 18.3 Å². The first-order valence-corrected chi connectivity index (χ1v) is 11.4. The van der Waals surface area contributed by atoms with Gasteiger partial charge in [-0.3, -0.25) is 14.5 Å². The Morgan fingerprint density at radius 2 is 1.83 bits per heavy atom. The van der Waals surface area contributed by atoms with Gasteiger partial charge in [0.2, 0.25) is 0 Å². The Kier molecular flexibility index (Phi) is 6.65. The molecule has 0 saturated heterocycles. The molecule has 2 heterocycles. The van der Waals surface area contributed by atoms with Gasteiger partial charge >= 0.3 is 0 Å². The number of para-hydroxylation sites is 1. The maximum Gasteiger partial charge on any atom is 0.271 e. The van der Waals surface area contributed by atoms with Gasteiger partial charge in [-0.1, -0.05) is 25.1 Å². The van der Waals surface area contributed by atoms with E-state index in [1.54, 1.807) is 24.8 Å². The van der Waals surface area contributed by atoms with E-state index in [0.29, 0.717) is 28.8 Å². The van der Waals surface area contributed by atoms with Gasteiger partial charge in [0.15, 0.2) is 0 Å². The number of carbonyl (C=O) groups is 2. The van der Waals surface area contributed by atoms with Gasteiger partial charge in [-0.15, -0.1) is 0 Å². The number of nitrogens with zero attached hydrogens (tertiary/aromatic N) is 4. The second kappa shape index (κ2) is 9.82. The highest BCUT2D eigenvalue weighted by molar-refractivity contribution is 6.19. The monoisotopic (exact) mass is 466 g/mol. The largest absolute Gasteiger partial charge is 0.497 e. The summed E-state index contributed by atoms with van der Waals surface area (Å²) in [6, 6.07) is 17.4. The average Bonchev–Trinajstić information content (AvgIpc) is 3.28. The lowest BCUT2D eigenvalue weighted by Crippen LogP contribution is -2.43. The van der Waals surface area contributed by atoms with Crippen molar-refractivity contribution in [1.29, 1.82) is 5.26 Å². The van der Waals surface area contributed by atoms with Crippen molar-refractivity contribution >= 4 is 17.9 Å². The molecule has 4 rings (SSSR count). The molecule has 2 aromatic carbocycles. The number of imide groups is 1. The number of rotatable bonds is 6. The lowest BCUT2D eigenvalue weighted by atomic mass is 9.92. The molecule has 0 radical (unpaired) electrons. The summed E-state index contributed by atoms with van der Waals surface area (Å²) in [7, 11) is 1.62. The molecule has 1 aliphatic heterocycles. The van der Waals surface area contributed by atoms with Crippen LogP contribution in [0.3, 0.4) is 0 Å². The van der Waals surface area contributed by atoms with E-state index in [1.807, 2.05) is 74.6 Å². The maximum atomic E-state index is 13.3. The van der Waals surface area contributed by atoms with E-state index in [4.69, 9.17) is 9.84 Å². The first-order valence-electron chi connectivity index (χ1n) is 11.4. The van der Waals surface area contributed by atoms with Crippen molar-refractivity contribution in [3.8, 4) is 28.8 Å². The van der Waals surface area contributed by atoms with Crippen molar-refractivity contribution in [2.24, 2.45) is 0 Å². The normalized spacial score (nSPS) is 15.1. The zero-order valence-corrected chi connectivity index (χ0v) is 20.2. The molecule has 7 nitrogen and oxygen atoms in total. The van der Waals surface area contributed by atoms with Crippen LogP contribution in [0.25, 0.3) is 23.0 Å². The Morgan fingerprint density at radius 3 is 2.46 bits per heavy atom. The quantitative estimate of drug-likeness (QED) is 0.382. The molecule has 0 atom stereocenters. The van der Waals surface area contributed by atoms with Crippen molar-refractivity contribution in [3.05, 3.63) is 82.6 Å². The minimum absolute atomic E-state index is 0.0121. The van der Waals surface area contributed by atoms with Crippen LogP contribution in [0.4, 0.5) is 0 Å². The van der Waals surface area contributed by atoms with Crippen molar-refractivity contribution in [1.82, 2.24) is 14.7 Å². The fourth-order valence-electron chi connectivity index (χ4n) is 4.16. The summed E-state index contributed by atoms with van der Waals surface area (Å²) < 4.78 is 7.11. The standard InChI is InChI=1S/C28H26N4O3/c1-5-13-31-27(33)24(19(3)25(16-29)28(31)34)15-20-17-32(21-9-7-6-8-10-21)30-26(20)23-12-11-22(35-4)14-18(23)2/h6-12,14-15,17H,5,13H2,1-4H3/b24-15+. The van der Waals surface area contributed by atoms with E-state index in [0.717, 1.165) is 27.5 Å². The van der Waals surface area contributed by atoms with E-state index < -0.39 is 11.8 Å². The molecule has 35 heavy (non-hydrogen) atoms. The second-order valence-electron chi connectivity index (χ2n) is 8.33. The van der Waals surface area contributed by atoms with E-state index in [2.05, 4.69) is 0 Å². The zero-order chi connectivity index (χ0) is 25.1. The van der Waals surface area contributed by atoms with Crippen LogP contribution in [0.5, 0.6) is 5.75 Å². The van der Waals surface area contributed by atoms with Crippen LogP contribution in [-0.4, -0.2) is 40.1 Å². The lowest BCUT2D eigenvalue weighted by Gasteiger charge is -2.27. The van der Waals surface area contributed by atoms with Gasteiger partial charge in [0.1, 0.15) is 23.1 Å². The van der Waals surface area contributed by atoms with Crippen molar-refractivity contribution in [3.63, 3.8) is 0 Å². The molecular formula is C28H26N4O3. The SMILES string of the molecule is CCCN1C(=O)C(C#N)=C(C)/C(=C\c2cn(-c3ccccc3)nc2-c2ccc(OC)cc2C)C1=O. The summed E-state index contributed by atoms with van der Waals surface area (Å²) in [5.41, 5.74) is 4.78. The predicted molar refractivity (Wildman–Crippen MR) is 134 cm³/mol. The van der Waals surface area contributed by atoms with Crippen LogP contribution >= 0.6 is 0 Å². The van der Waals surface area contributed by atoms with E-state index in [1.165, 1.54) is 0 Å². The first kappa shape index (κ1) is 23.7. The number of nitriles is 1. The van der Waals surface area contributed by atoms with E-state index in [9.17, 15) is 14.9 Å². The van der Waals surface area contributed by atoms with Crippen molar-refractivity contribution in [2.45, 2.75) is 27.2 Å². The predicted octanol–water partition coefficient (Wildman–Crippen LogP) is 4.86. The van der Waals surface area contributed by atoms with Gasteiger partial charge in [-0.2, -0.15) is 10.4 Å². The summed E-state index contributed by atoms with van der Waals surface area (Å²) in [5.74, 6) is -0.208. The molecule has 0 fully saturated rings. The van der Waals surface area contributed by atoms with Gasteiger partial charge in [-0.25, -0.2) is 4.68 Å². The molecule has 2 amide bonds. The molecule has 1 aromatic heterocycles. The fourth-order valence-corrected chi connectivity index (χ4v) is 4.16. The first-order chi connectivity index (χ1) is 16.9. The summed E-state index contributed by atoms with van der Waals surface area (Å²) in [6.45, 7) is 5.75. The Balaban J connectivity index is 1.94. The fraction of sp³-hybridized carbons (Fsp3) is 0.214. The number of hydrogen-bond donors (Lipinski definition) is 0. The van der Waals surface area contributed by atoms with Gasteiger partial charge in [0.25, 0.3) is 11.8 Å². The summed E-state index contributed by atoms with van der Waals surface area (Å²) in [6.07, 6.45) is 4.19. The number of hydrogen-bond acceptors (Lipinski definition) is 5. The van der Waals surface area contributed by atoms with Crippen molar-refractivity contribution in [2.75, 3.05) is 13.7 Å². The second-order valence-corrected chi connectivity index (χ2v) is 8.33.